The number of hydrogen-bond donors (Lipinski definition) is 4. The summed E-state index contributed by atoms with van der Waals surface area (Å²) >= 11 is 0. The molecule has 0 aliphatic carbocycles. The molecule has 0 aromatic heterocycles. The van der Waals surface area contributed by atoms with Crippen molar-refractivity contribution >= 4 is 23.8 Å². The van der Waals surface area contributed by atoms with Crippen molar-refractivity contribution in [1.29, 1.82) is 0 Å². The van der Waals surface area contributed by atoms with Crippen LogP contribution >= 0.6 is 0 Å². The molecule has 0 aliphatic rings. The van der Waals surface area contributed by atoms with Crippen molar-refractivity contribution in [3.8, 4) is 0 Å². The normalized spacial score (nSPS) is 14.6. The van der Waals surface area contributed by atoms with Crippen molar-refractivity contribution in [2.75, 3.05) is 0 Å². The standard InChI is InChI=1S/C19H26N2O6/c1-11(2)16(18(25)20-14(19(26)27)9-10-15(22)23)21-17(24)12(3)13-7-5-4-6-8-13/h4-8,11-12,14,16H,9-10H2,1-3H3,(H,20,25)(H,21,24)(H,22,23)(H,26,27)/t12-,14+,16+/m1/s1/i/hD. The molecule has 27 heavy (non-hydrogen) atoms. The number of hydrogen-bond acceptors (Lipinski definition) is 4. The number of benzene rings is 1. The highest BCUT2D eigenvalue weighted by molar-refractivity contribution is 5.92. The number of nitrogens with one attached hydrogen (secondary N) is 2. The Labute approximate surface area is 159 Å². The van der Waals surface area contributed by atoms with Gasteiger partial charge in [-0.1, -0.05) is 44.2 Å². The minimum absolute atomic E-state index is 0.298. The first kappa shape index (κ1) is 20.4. The van der Waals surface area contributed by atoms with Gasteiger partial charge in [-0.25, -0.2) is 4.79 Å². The third-order valence-electron chi connectivity index (χ3n) is 4.10. The molecule has 0 spiro atoms. The zero-order valence-corrected chi connectivity index (χ0v) is 15.6. The second-order valence-corrected chi connectivity index (χ2v) is 6.62. The first-order valence-corrected chi connectivity index (χ1v) is 8.68. The van der Waals surface area contributed by atoms with Gasteiger partial charge < -0.3 is 20.8 Å². The molecule has 0 bridgehead atoms. The molecule has 0 saturated carbocycles. The minimum atomic E-state index is -1.42. The van der Waals surface area contributed by atoms with Crippen LogP contribution < -0.4 is 10.6 Å². The highest BCUT2D eigenvalue weighted by atomic mass is 16.4. The van der Waals surface area contributed by atoms with Crippen LogP contribution in [0, 0.1) is 5.92 Å². The van der Waals surface area contributed by atoms with Gasteiger partial charge in [-0.05, 0) is 24.8 Å². The minimum Gasteiger partial charge on any atom is -0.481 e. The molecule has 0 unspecified atom stereocenters. The molecule has 0 heterocycles. The molecule has 2 amide bonds. The molecule has 0 radical (unpaired) electrons. The second-order valence-electron chi connectivity index (χ2n) is 6.62. The van der Waals surface area contributed by atoms with Gasteiger partial charge in [0.25, 0.3) is 0 Å². The van der Waals surface area contributed by atoms with Crippen molar-refractivity contribution in [2.24, 2.45) is 5.92 Å². The van der Waals surface area contributed by atoms with E-state index in [2.05, 4.69) is 5.32 Å². The van der Waals surface area contributed by atoms with E-state index in [1.165, 1.54) is 0 Å². The average molecular weight is 379 g/mol. The number of amides is 2. The van der Waals surface area contributed by atoms with E-state index in [0.717, 1.165) is 0 Å². The summed E-state index contributed by atoms with van der Waals surface area (Å²) in [4.78, 5) is 47.3. The number of carboxylic acids is 2. The average Bonchev–Trinajstić information content (AvgIpc) is 2.63. The number of carboxylic acid groups (broad SMARTS) is 2. The number of rotatable bonds is 10. The summed E-state index contributed by atoms with van der Waals surface area (Å²) < 4.78 is 8.18. The molecule has 4 N–H and O–H groups in total. The van der Waals surface area contributed by atoms with Gasteiger partial charge >= 0.3 is 11.9 Å². The molecular formula is C19H26N2O6. The molecule has 1 rings (SSSR count). The monoisotopic (exact) mass is 379 g/mol. The summed E-state index contributed by atoms with van der Waals surface area (Å²) in [5.74, 6) is -5.09. The zero-order valence-electron chi connectivity index (χ0n) is 16.6. The van der Waals surface area contributed by atoms with Gasteiger partial charge in [0.1, 0.15) is 12.1 Å². The maximum Gasteiger partial charge on any atom is 0.326 e. The van der Waals surface area contributed by atoms with Crippen LogP contribution in [0.1, 0.15) is 45.1 Å². The molecule has 8 nitrogen and oxygen atoms in total. The first-order valence-electron chi connectivity index (χ1n) is 9.12. The largest absolute Gasteiger partial charge is 0.481 e. The van der Waals surface area contributed by atoms with E-state index < -0.39 is 54.1 Å². The molecule has 1 aromatic rings. The zero-order chi connectivity index (χ0) is 21.4. The Morgan fingerprint density at radius 2 is 1.63 bits per heavy atom. The lowest BCUT2D eigenvalue weighted by Gasteiger charge is -2.25. The highest BCUT2D eigenvalue weighted by Crippen LogP contribution is 2.16. The maximum absolute atomic E-state index is 12.7. The van der Waals surface area contributed by atoms with Gasteiger partial charge in [0, 0.05) is 6.42 Å². The van der Waals surface area contributed by atoms with Gasteiger partial charge in [0.05, 0.1) is 5.92 Å². The Morgan fingerprint density at radius 3 is 2.11 bits per heavy atom. The molecule has 0 saturated heterocycles. The predicted octanol–water partition coefficient (Wildman–Crippen LogP) is 1.37. The lowest BCUT2D eigenvalue weighted by molar-refractivity contribution is -0.143. The van der Waals surface area contributed by atoms with Crippen LogP contribution in [-0.4, -0.2) is 46.0 Å². The Bertz CT molecular complexity index is 710. The molecule has 1 aromatic carbocycles. The van der Waals surface area contributed by atoms with E-state index in [0.29, 0.717) is 10.9 Å². The van der Waals surface area contributed by atoms with E-state index in [1.54, 1.807) is 51.1 Å². The van der Waals surface area contributed by atoms with Crippen molar-refractivity contribution < 1.29 is 30.8 Å². The molecule has 0 aliphatic heterocycles. The van der Waals surface area contributed by atoms with Crippen LogP contribution in [0.25, 0.3) is 0 Å². The van der Waals surface area contributed by atoms with E-state index in [4.69, 9.17) is 6.52 Å². The fraction of sp³-hybridized carbons (Fsp3) is 0.474. The molecule has 148 valence electrons. The summed E-state index contributed by atoms with van der Waals surface area (Å²) in [7, 11) is 0. The van der Waals surface area contributed by atoms with Crippen LogP contribution in [0.15, 0.2) is 30.3 Å². The van der Waals surface area contributed by atoms with Crippen LogP contribution in [0.3, 0.4) is 0 Å². The van der Waals surface area contributed by atoms with E-state index in [-0.39, 0.29) is 6.42 Å². The van der Waals surface area contributed by atoms with Crippen molar-refractivity contribution in [2.45, 2.75) is 51.6 Å². The topological polar surface area (TPSA) is 133 Å². The number of aliphatic carboxylic acids is 2. The summed E-state index contributed by atoms with van der Waals surface area (Å²) in [6.45, 7) is 4.90. The smallest absolute Gasteiger partial charge is 0.326 e. The van der Waals surface area contributed by atoms with Gasteiger partial charge in [0.15, 0.2) is 1.41 Å². The molecule has 0 fully saturated rings. The van der Waals surface area contributed by atoms with Crippen molar-refractivity contribution in [1.82, 2.24) is 10.6 Å². The Hall–Kier alpha value is -2.90. The first-order chi connectivity index (χ1) is 13.1. The predicted molar refractivity (Wildman–Crippen MR) is 98.1 cm³/mol. The number of carbonyl (C=O) groups excluding carboxylic acids is 2. The highest BCUT2D eigenvalue weighted by Gasteiger charge is 2.30. The maximum atomic E-state index is 12.7. The fourth-order valence-electron chi connectivity index (χ4n) is 2.43. The molecule has 3 atom stereocenters. The fourth-order valence-corrected chi connectivity index (χ4v) is 2.43. The SMILES string of the molecule is [2H]N(C(=O)[C@H](C)c1ccccc1)[C@H](C(=O)N[C@@H](CCC(=O)O)C(=O)O)C(C)C. The second kappa shape index (κ2) is 10.3. The van der Waals surface area contributed by atoms with Gasteiger partial charge in [-0.2, -0.15) is 0 Å². The van der Waals surface area contributed by atoms with E-state index in [1.807, 2.05) is 0 Å². The third-order valence-corrected chi connectivity index (χ3v) is 4.10. The van der Waals surface area contributed by atoms with E-state index in [9.17, 15) is 24.3 Å². The van der Waals surface area contributed by atoms with Crippen molar-refractivity contribution in [3.05, 3.63) is 35.9 Å². The third kappa shape index (κ3) is 7.08. The summed E-state index contributed by atoms with van der Waals surface area (Å²) in [5.41, 5.74) is 0.692. The van der Waals surface area contributed by atoms with Gasteiger partial charge in [-0.15, -0.1) is 0 Å². The van der Waals surface area contributed by atoms with Crippen LogP contribution in [0.5, 0.6) is 0 Å². The van der Waals surface area contributed by atoms with Gasteiger partial charge in [0.2, 0.25) is 11.8 Å². The lowest BCUT2D eigenvalue weighted by atomic mass is 9.97. The summed E-state index contributed by atoms with van der Waals surface area (Å²) in [5, 5.41) is 20.8. The molecule has 8 heteroatoms. The lowest BCUT2D eigenvalue weighted by Crippen LogP contribution is -2.54. The summed E-state index contributed by atoms with van der Waals surface area (Å²) in [6.07, 6.45) is -0.730. The molecular weight excluding hydrogens is 352 g/mol. The quantitative estimate of drug-likeness (QED) is 0.485. The van der Waals surface area contributed by atoms with Crippen LogP contribution in [-0.2, 0) is 19.2 Å². The number of carbonyl (C=O) groups is 4. The van der Waals surface area contributed by atoms with Crippen LogP contribution in [0.2, 0.25) is 1.41 Å². The summed E-state index contributed by atoms with van der Waals surface area (Å²) in [6, 6.07) is 6.18. The van der Waals surface area contributed by atoms with Crippen LogP contribution in [0.4, 0.5) is 0 Å². The van der Waals surface area contributed by atoms with Crippen molar-refractivity contribution in [3.63, 3.8) is 0 Å². The van der Waals surface area contributed by atoms with E-state index >= 15 is 0 Å². The Balaban J connectivity index is 2.94. The Morgan fingerprint density at radius 1 is 1.04 bits per heavy atom. The Kier molecular flexibility index (Phi) is 7.79. The van der Waals surface area contributed by atoms with Gasteiger partial charge in [-0.3, -0.25) is 14.4 Å².